The molecule has 0 spiro atoms. The highest BCUT2D eigenvalue weighted by molar-refractivity contribution is 6.10. The van der Waals surface area contributed by atoms with Crippen LogP contribution in [0.5, 0.6) is 23.0 Å². The summed E-state index contributed by atoms with van der Waals surface area (Å²) >= 11 is 0. The molecule has 2 N–H and O–H groups in total. The van der Waals surface area contributed by atoms with Gasteiger partial charge in [0, 0.05) is 42.9 Å². The van der Waals surface area contributed by atoms with Crippen molar-refractivity contribution in [3.05, 3.63) is 52.6 Å². The summed E-state index contributed by atoms with van der Waals surface area (Å²) in [5, 5.41) is 15.1. The first kappa shape index (κ1) is 30.4. The topological polar surface area (TPSA) is 92.6 Å². The second-order valence-corrected chi connectivity index (χ2v) is 8.39. The van der Waals surface area contributed by atoms with Gasteiger partial charge in [-0.15, -0.1) is 0 Å². The number of nitrogens with zero attached hydrogens (tertiary/aromatic N) is 2. The average molecular weight is 524 g/mol. The molecule has 0 unspecified atom stereocenters. The largest absolute Gasteiger partial charge is 0.504 e. The van der Waals surface area contributed by atoms with E-state index in [9.17, 15) is 9.90 Å². The van der Waals surface area contributed by atoms with Crippen LogP contribution in [0.4, 0.5) is 5.69 Å². The Labute approximate surface area is 226 Å². The fraction of sp³-hybridized carbons (Fsp3) is 0.400. The van der Waals surface area contributed by atoms with Crippen molar-refractivity contribution in [2.75, 3.05) is 48.5 Å². The Morgan fingerprint density at radius 1 is 0.947 bits per heavy atom. The monoisotopic (exact) mass is 523 g/mol. The Hall–Kier alpha value is -3.78. The fourth-order valence-electron chi connectivity index (χ4n) is 4.18. The van der Waals surface area contributed by atoms with Crippen molar-refractivity contribution in [2.45, 2.75) is 34.1 Å². The first-order chi connectivity index (χ1) is 18.4. The van der Waals surface area contributed by atoms with Gasteiger partial charge in [0.2, 0.25) is 0 Å². The Morgan fingerprint density at radius 2 is 1.58 bits per heavy atom. The number of fused-ring (bicyclic) bond motifs is 4. The molecule has 0 fully saturated rings. The molecule has 8 nitrogen and oxygen atoms in total. The quantitative estimate of drug-likeness (QED) is 0.329. The van der Waals surface area contributed by atoms with Crippen LogP contribution in [-0.4, -0.2) is 70.6 Å². The first-order valence-corrected chi connectivity index (χ1v) is 12.9. The van der Waals surface area contributed by atoms with Gasteiger partial charge in [-0.2, -0.15) is 0 Å². The molecule has 1 amide bonds. The maximum atomic E-state index is 13.3. The van der Waals surface area contributed by atoms with Gasteiger partial charge in [0.05, 0.1) is 27.0 Å². The molecule has 0 saturated carbocycles. The molecule has 0 atom stereocenters. The summed E-state index contributed by atoms with van der Waals surface area (Å²) in [6, 6.07) is 9.00. The maximum Gasteiger partial charge on any atom is 0.251 e. The van der Waals surface area contributed by atoms with E-state index in [1.54, 1.807) is 32.6 Å². The van der Waals surface area contributed by atoms with E-state index in [1.165, 1.54) is 7.11 Å². The number of ether oxygens (including phenoxy) is 3. The van der Waals surface area contributed by atoms with Crippen LogP contribution in [0.3, 0.4) is 0 Å². The van der Waals surface area contributed by atoms with E-state index in [4.69, 9.17) is 14.2 Å². The summed E-state index contributed by atoms with van der Waals surface area (Å²) in [5.74, 6) is 1.39. The van der Waals surface area contributed by atoms with E-state index in [0.29, 0.717) is 41.5 Å². The number of rotatable bonds is 7. The third-order valence-corrected chi connectivity index (χ3v) is 5.97. The van der Waals surface area contributed by atoms with Crippen molar-refractivity contribution in [3.63, 3.8) is 0 Å². The highest BCUT2D eigenvalue weighted by atomic mass is 16.5. The Morgan fingerprint density at radius 3 is 2.18 bits per heavy atom. The van der Waals surface area contributed by atoms with Gasteiger partial charge in [0.1, 0.15) is 0 Å². The zero-order chi connectivity index (χ0) is 28.4. The number of carbonyl (C=O) groups excluding carboxylic acids is 1. The fourth-order valence-corrected chi connectivity index (χ4v) is 4.18. The number of benzene rings is 3. The molecule has 3 aromatic carbocycles. The molecule has 0 aliphatic carbocycles. The second kappa shape index (κ2) is 14.2. The number of amides is 1. The van der Waals surface area contributed by atoms with Crippen LogP contribution in [0.1, 0.15) is 54.7 Å². The minimum atomic E-state index is -0.163. The summed E-state index contributed by atoms with van der Waals surface area (Å²) in [6.45, 7) is 9.25. The third kappa shape index (κ3) is 6.55. The zero-order valence-corrected chi connectivity index (χ0v) is 24.1. The standard InChI is InChI=1S/C26H29N3O5.2C2H6/c1-29(2)7-6-27-26(31)19-8-15-11-24(33-4)25(34-5)12-17(15)20-14-28-21-13-23(32-3)22(30)10-16(21)9-18(19)20;2*1-2/h8,10-14,30H,6-7,9H2,1-5H3,(H,27,31);2*1-2H3. The Bertz CT molecular complexity index is 1290. The van der Waals surface area contributed by atoms with E-state index in [-0.39, 0.29) is 11.7 Å². The Kier molecular flexibility index (Phi) is 11.4. The van der Waals surface area contributed by atoms with Crippen molar-refractivity contribution in [3.8, 4) is 23.0 Å². The number of methoxy groups -OCH3 is 3. The van der Waals surface area contributed by atoms with E-state index in [2.05, 4.69) is 10.3 Å². The molecule has 206 valence electrons. The van der Waals surface area contributed by atoms with Crippen LogP contribution in [-0.2, 0) is 6.42 Å². The zero-order valence-electron chi connectivity index (χ0n) is 24.1. The normalized spacial score (nSPS) is 11.2. The molecule has 0 bridgehead atoms. The number of phenols is 1. The number of hydrogen-bond acceptors (Lipinski definition) is 7. The van der Waals surface area contributed by atoms with E-state index in [1.807, 2.05) is 64.9 Å². The SMILES string of the molecule is CC.CC.COc1cc2c(cc1O)Cc1c(C(=O)NCCN(C)C)cc3cc(OC)c(OC)cc3c1C=N2. The number of phenolic OH excluding ortho intramolecular Hbond substituents is 1. The number of aliphatic imine (C=N–C) groups is 1. The van der Waals surface area contributed by atoms with Gasteiger partial charge in [-0.25, -0.2) is 0 Å². The molecule has 4 rings (SSSR count). The lowest BCUT2D eigenvalue weighted by Gasteiger charge is -2.18. The molecule has 3 aromatic rings. The van der Waals surface area contributed by atoms with Crippen molar-refractivity contribution in [1.29, 1.82) is 0 Å². The molecule has 1 aliphatic rings. The van der Waals surface area contributed by atoms with Gasteiger partial charge in [-0.05, 0) is 60.3 Å². The molecule has 1 aliphatic heterocycles. The lowest BCUT2D eigenvalue weighted by molar-refractivity contribution is 0.0950. The van der Waals surface area contributed by atoms with Crippen LogP contribution < -0.4 is 19.5 Å². The van der Waals surface area contributed by atoms with Gasteiger partial charge in [-0.1, -0.05) is 27.7 Å². The van der Waals surface area contributed by atoms with Crippen LogP contribution in [0.15, 0.2) is 35.3 Å². The summed E-state index contributed by atoms with van der Waals surface area (Å²) in [5.41, 5.74) is 3.69. The van der Waals surface area contributed by atoms with Crippen LogP contribution in [0.25, 0.3) is 10.8 Å². The summed E-state index contributed by atoms with van der Waals surface area (Å²) in [4.78, 5) is 20.0. The van der Waals surface area contributed by atoms with Crippen LogP contribution >= 0.6 is 0 Å². The van der Waals surface area contributed by atoms with E-state index < -0.39 is 0 Å². The van der Waals surface area contributed by atoms with Crippen LogP contribution in [0, 0.1) is 0 Å². The molecule has 38 heavy (non-hydrogen) atoms. The summed E-state index contributed by atoms with van der Waals surface area (Å²) in [6.07, 6.45) is 2.19. The number of aromatic hydroxyl groups is 1. The number of likely N-dealkylation sites (N-methyl/N-ethyl adjacent to an activating group) is 1. The van der Waals surface area contributed by atoms with Gasteiger partial charge in [0.25, 0.3) is 5.91 Å². The predicted octanol–water partition coefficient (Wildman–Crippen LogP) is 5.57. The Balaban J connectivity index is 0.00000121. The van der Waals surface area contributed by atoms with Gasteiger partial charge in [-0.3, -0.25) is 9.79 Å². The maximum absolute atomic E-state index is 13.3. The van der Waals surface area contributed by atoms with Gasteiger partial charge in [0.15, 0.2) is 23.0 Å². The van der Waals surface area contributed by atoms with Crippen LogP contribution in [0.2, 0.25) is 0 Å². The summed E-state index contributed by atoms with van der Waals surface area (Å²) < 4.78 is 16.3. The molecule has 0 aromatic heterocycles. The number of hydrogen-bond donors (Lipinski definition) is 2. The van der Waals surface area contributed by atoms with Gasteiger partial charge < -0.3 is 29.5 Å². The van der Waals surface area contributed by atoms with Crippen molar-refractivity contribution in [2.24, 2.45) is 4.99 Å². The minimum Gasteiger partial charge on any atom is -0.504 e. The highest BCUT2D eigenvalue weighted by Crippen LogP contribution is 2.40. The minimum absolute atomic E-state index is 0.0316. The third-order valence-electron chi connectivity index (χ3n) is 5.97. The second-order valence-electron chi connectivity index (χ2n) is 8.39. The van der Waals surface area contributed by atoms with Crippen molar-refractivity contribution in [1.82, 2.24) is 10.2 Å². The average Bonchev–Trinajstić information content (AvgIpc) is 3.12. The molecular weight excluding hydrogens is 482 g/mol. The van der Waals surface area contributed by atoms with E-state index in [0.717, 1.165) is 34.0 Å². The van der Waals surface area contributed by atoms with Crippen molar-refractivity contribution >= 4 is 28.6 Å². The van der Waals surface area contributed by atoms with E-state index >= 15 is 0 Å². The summed E-state index contributed by atoms with van der Waals surface area (Å²) in [7, 11) is 8.60. The first-order valence-electron chi connectivity index (χ1n) is 12.9. The molecule has 1 heterocycles. The molecular formula is C30H41N3O5. The highest BCUT2D eigenvalue weighted by Gasteiger charge is 2.23. The molecule has 8 heteroatoms. The van der Waals surface area contributed by atoms with Crippen molar-refractivity contribution < 1.29 is 24.1 Å². The smallest absolute Gasteiger partial charge is 0.251 e. The van der Waals surface area contributed by atoms with Gasteiger partial charge >= 0.3 is 0 Å². The molecule has 0 saturated heterocycles. The number of carbonyl (C=O) groups is 1. The predicted molar refractivity (Wildman–Crippen MR) is 155 cm³/mol. The molecule has 0 radical (unpaired) electrons. The lowest BCUT2D eigenvalue weighted by atomic mass is 9.90. The lowest BCUT2D eigenvalue weighted by Crippen LogP contribution is -2.32. The number of nitrogens with one attached hydrogen (secondary N) is 1.